The molecule has 10 nitrogen and oxygen atoms in total. The smallest absolute Gasteiger partial charge is 0.253 e. The van der Waals surface area contributed by atoms with Crippen molar-refractivity contribution in [3.05, 3.63) is 100.0 Å². The normalized spacial score (nSPS) is 12.7. The highest BCUT2D eigenvalue weighted by molar-refractivity contribution is 5.83. The van der Waals surface area contributed by atoms with Gasteiger partial charge in [-0.3, -0.25) is 9.69 Å². The molecule has 0 saturated heterocycles. The lowest BCUT2D eigenvalue weighted by molar-refractivity contribution is 0.168. The van der Waals surface area contributed by atoms with E-state index in [2.05, 4.69) is 58.3 Å². The van der Waals surface area contributed by atoms with Crippen molar-refractivity contribution in [2.75, 3.05) is 14.2 Å². The topological polar surface area (TPSA) is 111 Å². The molecule has 1 unspecified atom stereocenters. The zero-order valence-electron chi connectivity index (χ0n) is 23.4. The van der Waals surface area contributed by atoms with E-state index in [-0.39, 0.29) is 11.1 Å². The first kappa shape index (κ1) is 27.1. The van der Waals surface area contributed by atoms with Crippen molar-refractivity contribution in [2.45, 2.75) is 51.9 Å². The summed E-state index contributed by atoms with van der Waals surface area (Å²) in [7, 11) is 3.16. The summed E-state index contributed by atoms with van der Waals surface area (Å²) in [5.74, 6) is 2.43. The number of ether oxygens (including phenoxy) is 2. The fraction of sp³-hybridized carbons (Fsp3) is 0.333. The molecule has 0 amide bonds. The highest BCUT2D eigenvalue weighted by Gasteiger charge is 2.35. The van der Waals surface area contributed by atoms with Gasteiger partial charge in [0.25, 0.3) is 5.56 Å². The third-order valence-electron chi connectivity index (χ3n) is 7.38. The van der Waals surface area contributed by atoms with E-state index in [0.717, 1.165) is 23.1 Å². The third kappa shape index (κ3) is 5.35. The van der Waals surface area contributed by atoms with Gasteiger partial charge in [-0.05, 0) is 60.5 Å². The van der Waals surface area contributed by atoms with Gasteiger partial charge in [0.05, 0.1) is 38.1 Å². The van der Waals surface area contributed by atoms with Crippen LogP contribution < -0.4 is 15.0 Å². The second-order valence-electron chi connectivity index (χ2n) is 10.3. The molecule has 0 radical (unpaired) electrons. The maximum atomic E-state index is 13.9. The Hall–Kier alpha value is -4.44. The van der Waals surface area contributed by atoms with E-state index in [1.807, 2.05) is 47.1 Å². The number of hydrogen-bond acceptors (Lipinski definition) is 8. The summed E-state index contributed by atoms with van der Waals surface area (Å²) in [6.45, 7) is 7.21. The van der Waals surface area contributed by atoms with Crippen LogP contribution in [0.2, 0.25) is 0 Å². The molecule has 208 valence electrons. The van der Waals surface area contributed by atoms with E-state index in [4.69, 9.17) is 13.9 Å². The Balaban J connectivity index is 1.74. The number of nitrogens with one attached hydrogen (secondary N) is 1. The lowest BCUT2D eigenvalue weighted by atomic mass is 9.98. The third-order valence-corrected chi connectivity index (χ3v) is 7.38. The van der Waals surface area contributed by atoms with Crippen molar-refractivity contribution in [1.82, 2.24) is 30.1 Å². The number of rotatable bonds is 11. The van der Waals surface area contributed by atoms with Gasteiger partial charge in [-0.2, -0.15) is 0 Å². The van der Waals surface area contributed by atoms with E-state index in [0.29, 0.717) is 41.5 Å². The Morgan fingerprint density at radius 1 is 1.02 bits per heavy atom. The van der Waals surface area contributed by atoms with E-state index in [1.165, 1.54) is 0 Å². The average molecular weight is 543 g/mol. The molecule has 1 atom stereocenters. The molecule has 2 aromatic carbocycles. The van der Waals surface area contributed by atoms with Crippen molar-refractivity contribution in [3.63, 3.8) is 0 Å². The predicted molar refractivity (Wildman–Crippen MR) is 151 cm³/mol. The molecule has 0 saturated carbocycles. The molecule has 0 aliphatic heterocycles. The Labute approximate surface area is 232 Å². The fourth-order valence-electron chi connectivity index (χ4n) is 4.86. The lowest BCUT2D eigenvalue weighted by Gasteiger charge is -2.33. The summed E-state index contributed by atoms with van der Waals surface area (Å²) in [5, 5.41) is 13.8. The lowest BCUT2D eigenvalue weighted by Crippen LogP contribution is -2.38. The van der Waals surface area contributed by atoms with Gasteiger partial charge in [-0.1, -0.05) is 37.3 Å². The highest BCUT2D eigenvalue weighted by Crippen LogP contribution is 2.35. The molecule has 0 spiro atoms. The van der Waals surface area contributed by atoms with Gasteiger partial charge in [0.15, 0.2) is 17.3 Å². The summed E-state index contributed by atoms with van der Waals surface area (Å²) in [6, 6.07) is 18.8. The molecule has 10 heteroatoms. The number of aromatic nitrogens is 5. The van der Waals surface area contributed by atoms with Crippen LogP contribution in [0.3, 0.4) is 0 Å². The van der Waals surface area contributed by atoms with Crippen molar-refractivity contribution in [1.29, 1.82) is 0 Å². The number of tetrazole rings is 1. The second kappa shape index (κ2) is 11.4. The SMILES string of the molecule is CCC(C)(C)n1nnnc1C(c1cc2cc(OC)c(OC)cc2[nH]c1=O)N(Cc1ccccc1)Cc1ccco1. The number of methoxy groups -OCH3 is 2. The van der Waals surface area contributed by atoms with E-state index in [9.17, 15) is 4.79 Å². The molecule has 5 rings (SSSR count). The Morgan fingerprint density at radius 3 is 2.45 bits per heavy atom. The largest absolute Gasteiger partial charge is 0.493 e. The molecule has 0 aliphatic rings. The number of benzene rings is 2. The first-order valence-corrected chi connectivity index (χ1v) is 13.2. The molecule has 1 N–H and O–H groups in total. The number of nitrogens with zero attached hydrogens (tertiary/aromatic N) is 5. The second-order valence-corrected chi connectivity index (χ2v) is 10.3. The molecule has 3 heterocycles. The number of fused-ring (bicyclic) bond motifs is 1. The quantitative estimate of drug-likeness (QED) is 0.247. The van der Waals surface area contributed by atoms with Crippen molar-refractivity contribution in [2.24, 2.45) is 0 Å². The first-order valence-electron chi connectivity index (χ1n) is 13.2. The minimum Gasteiger partial charge on any atom is -0.493 e. The molecule has 0 fully saturated rings. The van der Waals surface area contributed by atoms with Crippen LogP contribution in [-0.4, -0.2) is 44.3 Å². The molecule has 0 aliphatic carbocycles. The predicted octanol–water partition coefficient (Wildman–Crippen LogP) is 5.06. The summed E-state index contributed by atoms with van der Waals surface area (Å²) in [6.07, 6.45) is 2.44. The van der Waals surface area contributed by atoms with Gasteiger partial charge in [0, 0.05) is 23.6 Å². The average Bonchev–Trinajstić information content (AvgIpc) is 3.66. The number of furan rings is 1. The number of hydrogen-bond donors (Lipinski definition) is 1. The molecular formula is C30H34N6O4. The van der Waals surface area contributed by atoms with Gasteiger partial charge in [0.1, 0.15) is 11.8 Å². The first-order chi connectivity index (χ1) is 19.3. The Kier molecular flexibility index (Phi) is 7.70. The summed E-state index contributed by atoms with van der Waals surface area (Å²) in [4.78, 5) is 19.1. The van der Waals surface area contributed by atoms with Gasteiger partial charge in [-0.25, -0.2) is 4.68 Å². The standard InChI is InChI=1S/C30H34N6O4/c1-6-30(2,3)36-28(32-33-34-36)27(35(19-22-13-10-14-40-22)18-20-11-8-7-9-12-20)23-15-21-16-25(38-4)26(39-5)17-24(21)31-29(23)37/h7-17,27H,6,18-19H2,1-5H3,(H,31,37). The monoisotopic (exact) mass is 542 g/mol. The number of aromatic amines is 1. The Bertz CT molecular complexity index is 1630. The van der Waals surface area contributed by atoms with Crippen LogP contribution in [0.25, 0.3) is 10.9 Å². The maximum Gasteiger partial charge on any atom is 0.253 e. The van der Waals surface area contributed by atoms with Crippen LogP contribution in [0.4, 0.5) is 0 Å². The van der Waals surface area contributed by atoms with E-state index in [1.54, 1.807) is 26.5 Å². The van der Waals surface area contributed by atoms with Gasteiger partial charge >= 0.3 is 0 Å². The molecule has 40 heavy (non-hydrogen) atoms. The zero-order chi connectivity index (χ0) is 28.3. The van der Waals surface area contributed by atoms with Crippen molar-refractivity contribution in [3.8, 4) is 11.5 Å². The van der Waals surface area contributed by atoms with E-state index >= 15 is 0 Å². The molecule has 5 aromatic rings. The van der Waals surface area contributed by atoms with Gasteiger partial charge < -0.3 is 18.9 Å². The summed E-state index contributed by atoms with van der Waals surface area (Å²) < 4.78 is 18.6. The molecule has 3 aromatic heterocycles. The highest BCUT2D eigenvalue weighted by atomic mass is 16.5. The number of H-pyrrole nitrogens is 1. The molecular weight excluding hydrogens is 508 g/mol. The van der Waals surface area contributed by atoms with Crippen LogP contribution in [0.15, 0.2) is 76.1 Å². The van der Waals surface area contributed by atoms with Crippen LogP contribution in [0.5, 0.6) is 11.5 Å². The molecule has 0 bridgehead atoms. The minimum atomic E-state index is -0.604. The Morgan fingerprint density at radius 2 is 1.77 bits per heavy atom. The van der Waals surface area contributed by atoms with Crippen LogP contribution in [-0.2, 0) is 18.6 Å². The summed E-state index contributed by atoms with van der Waals surface area (Å²) >= 11 is 0. The summed E-state index contributed by atoms with van der Waals surface area (Å²) in [5.41, 5.74) is 1.59. The van der Waals surface area contributed by atoms with Crippen molar-refractivity contribution >= 4 is 10.9 Å². The van der Waals surface area contributed by atoms with Crippen molar-refractivity contribution < 1.29 is 13.9 Å². The van der Waals surface area contributed by atoms with Crippen LogP contribution >= 0.6 is 0 Å². The maximum absolute atomic E-state index is 13.9. The van der Waals surface area contributed by atoms with Gasteiger partial charge in [-0.15, -0.1) is 5.10 Å². The number of pyridine rings is 1. The fourth-order valence-corrected chi connectivity index (χ4v) is 4.86. The van der Waals surface area contributed by atoms with Gasteiger partial charge in [0.2, 0.25) is 0 Å². The minimum absolute atomic E-state index is 0.244. The van der Waals surface area contributed by atoms with Crippen LogP contribution in [0.1, 0.15) is 55.9 Å². The van der Waals surface area contributed by atoms with Crippen LogP contribution in [0, 0.1) is 0 Å². The zero-order valence-corrected chi connectivity index (χ0v) is 23.4. The van der Waals surface area contributed by atoms with E-state index < -0.39 is 6.04 Å².